The third-order valence-electron chi connectivity index (χ3n) is 4.76. The molecule has 1 atom stereocenters. The smallest absolute Gasteiger partial charge is 0.268 e. The lowest BCUT2D eigenvalue weighted by Crippen LogP contribution is -2.26. The Bertz CT molecular complexity index is 938. The van der Waals surface area contributed by atoms with Crippen molar-refractivity contribution in [3.05, 3.63) is 46.7 Å². The molecule has 2 N–H and O–H groups in total. The first-order valence-corrected chi connectivity index (χ1v) is 8.93. The molecular weight excluding hydrogens is 332 g/mol. The summed E-state index contributed by atoms with van der Waals surface area (Å²) in [6, 6.07) is 6.12. The number of aryl methyl sites for hydroxylation is 2. The van der Waals surface area contributed by atoms with Gasteiger partial charge in [0.05, 0.1) is 0 Å². The van der Waals surface area contributed by atoms with Gasteiger partial charge in [-0.3, -0.25) is 4.79 Å². The summed E-state index contributed by atoms with van der Waals surface area (Å²) in [6.45, 7) is 5.18. The third-order valence-corrected chi connectivity index (χ3v) is 4.76. The molecule has 7 heteroatoms. The fourth-order valence-corrected chi connectivity index (χ4v) is 3.32. The summed E-state index contributed by atoms with van der Waals surface area (Å²) in [7, 11) is 0. The zero-order chi connectivity index (χ0) is 18.1. The van der Waals surface area contributed by atoms with E-state index in [1.807, 2.05) is 26.0 Å². The summed E-state index contributed by atoms with van der Waals surface area (Å²) < 4.78 is 10.8. The van der Waals surface area contributed by atoms with Crippen LogP contribution in [0.5, 0.6) is 0 Å². The zero-order valence-corrected chi connectivity index (χ0v) is 15.0. The number of hydrogen-bond acceptors (Lipinski definition) is 5. The molecule has 0 spiro atoms. The number of benzene rings is 1. The molecule has 26 heavy (non-hydrogen) atoms. The fourth-order valence-electron chi connectivity index (χ4n) is 3.32. The van der Waals surface area contributed by atoms with Crippen LogP contribution in [0.3, 0.4) is 0 Å². The number of nitrogens with zero attached hydrogens (tertiary/aromatic N) is 2. The van der Waals surface area contributed by atoms with E-state index in [2.05, 4.69) is 26.5 Å². The van der Waals surface area contributed by atoms with E-state index in [0.29, 0.717) is 30.4 Å². The number of ether oxygens (including phenoxy) is 1. The Hall–Kier alpha value is -2.67. The van der Waals surface area contributed by atoms with Crippen LogP contribution in [-0.2, 0) is 11.2 Å². The predicted octanol–water partition coefficient (Wildman–Crippen LogP) is 2.99. The number of hydrogen-bond donors (Lipinski definition) is 2. The molecule has 0 bridgehead atoms. The van der Waals surface area contributed by atoms with E-state index in [9.17, 15) is 4.79 Å². The summed E-state index contributed by atoms with van der Waals surface area (Å²) in [6.07, 6.45) is 2.36. The molecule has 2 aromatic heterocycles. The first-order chi connectivity index (χ1) is 12.6. The zero-order valence-electron chi connectivity index (χ0n) is 15.0. The molecule has 1 saturated heterocycles. The van der Waals surface area contributed by atoms with Crippen LogP contribution in [-0.4, -0.2) is 34.2 Å². The average molecular weight is 354 g/mol. The minimum absolute atomic E-state index is 0.0803. The van der Waals surface area contributed by atoms with Crippen molar-refractivity contribution in [1.29, 1.82) is 0 Å². The maximum Gasteiger partial charge on any atom is 0.268 e. The molecule has 1 aliphatic rings. The molecule has 3 aromatic rings. The second kappa shape index (κ2) is 6.92. The van der Waals surface area contributed by atoms with Crippen LogP contribution in [0.4, 0.5) is 0 Å². The highest BCUT2D eigenvalue weighted by Gasteiger charge is 2.23. The normalized spacial score (nSPS) is 17.1. The molecule has 1 aliphatic heterocycles. The Kier molecular flexibility index (Phi) is 4.46. The molecule has 1 fully saturated rings. The fraction of sp³-hybridized carbons (Fsp3) is 0.421. The molecule has 4 rings (SSSR count). The lowest BCUT2D eigenvalue weighted by atomic mass is 10.1. The van der Waals surface area contributed by atoms with Crippen LogP contribution in [0.2, 0.25) is 0 Å². The van der Waals surface area contributed by atoms with Gasteiger partial charge in [-0.1, -0.05) is 16.8 Å². The van der Waals surface area contributed by atoms with E-state index in [1.165, 1.54) is 5.56 Å². The van der Waals surface area contributed by atoms with Crippen molar-refractivity contribution in [2.45, 2.75) is 39.2 Å². The molecule has 3 heterocycles. The van der Waals surface area contributed by atoms with Gasteiger partial charge >= 0.3 is 0 Å². The highest BCUT2D eigenvalue weighted by Crippen LogP contribution is 2.27. The number of aromatic nitrogens is 3. The molecule has 1 amide bonds. The van der Waals surface area contributed by atoms with Crippen molar-refractivity contribution in [1.82, 2.24) is 20.4 Å². The third kappa shape index (κ3) is 3.22. The summed E-state index contributed by atoms with van der Waals surface area (Å²) in [5.41, 5.74) is 3.70. The SMILES string of the molecule is Cc1ccc2[nH]c(C(=O)NCCc3noc([C@@H]4CCCO4)n3)c(C)c2c1. The van der Waals surface area contributed by atoms with Gasteiger partial charge in [0, 0.05) is 30.5 Å². The molecule has 7 nitrogen and oxygen atoms in total. The highest BCUT2D eigenvalue weighted by atomic mass is 16.5. The molecule has 1 aromatic carbocycles. The number of carbonyl (C=O) groups excluding carboxylic acids is 1. The highest BCUT2D eigenvalue weighted by molar-refractivity contribution is 6.01. The van der Waals surface area contributed by atoms with Crippen molar-refractivity contribution in [2.24, 2.45) is 0 Å². The van der Waals surface area contributed by atoms with E-state index < -0.39 is 0 Å². The van der Waals surface area contributed by atoms with Crippen LogP contribution in [0.15, 0.2) is 22.7 Å². The number of amides is 1. The first-order valence-electron chi connectivity index (χ1n) is 8.93. The van der Waals surface area contributed by atoms with E-state index >= 15 is 0 Å². The number of nitrogens with one attached hydrogen (secondary N) is 2. The van der Waals surface area contributed by atoms with Gasteiger partial charge in [0.1, 0.15) is 11.8 Å². The minimum Gasteiger partial charge on any atom is -0.368 e. The second-order valence-electron chi connectivity index (χ2n) is 6.73. The molecule has 0 radical (unpaired) electrons. The average Bonchev–Trinajstić information content (AvgIpc) is 3.35. The standard InChI is InChI=1S/C19H22N4O3/c1-11-5-6-14-13(10-11)12(2)17(21-14)18(24)20-8-7-16-22-19(26-23-16)15-4-3-9-25-15/h5-6,10,15,21H,3-4,7-9H2,1-2H3,(H,20,24)/t15-/m0/s1. The van der Waals surface area contributed by atoms with Crippen LogP contribution >= 0.6 is 0 Å². The number of rotatable bonds is 5. The number of H-pyrrole nitrogens is 1. The monoisotopic (exact) mass is 354 g/mol. The van der Waals surface area contributed by atoms with E-state index in [4.69, 9.17) is 9.26 Å². The largest absolute Gasteiger partial charge is 0.368 e. The topological polar surface area (TPSA) is 93.0 Å². The van der Waals surface area contributed by atoms with Crippen LogP contribution in [0.25, 0.3) is 10.9 Å². The lowest BCUT2D eigenvalue weighted by Gasteiger charge is -2.03. The summed E-state index contributed by atoms with van der Waals surface area (Å²) in [5.74, 6) is 0.990. The van der Waals surface area contributed by atoms with Gasteiger partial charge in [-0.05, 0) is 44.4 Å². The molecular formula is C19H22N4O3. The Balaban J connectivity index is 1.37. The number of carbonyl (C=O) groups is 1. The van der Waals surface area contributed by atoms with Crippen LogP contribution in [0, 0.1) is 13.8 Å². The Morgan fingerprint density at radius 3 is 3.08 bits per heavy atom. The lowest BCUT2D eigenvalue weighted by molar-refractivity contribution is 0.0835. The van der Waals surface area contributed by atoms with Gasteiger partial charge in [0.15, 0.2) is 5.82 Å². The molecule has 0 saturated carbocycles. The van der Waals surface area contributed by atoms with Gasteiger partial charge < -0.3 is 19.6 Å². The Morgan fingerprint density at radius 1 is 1.38 bits per heavy atom. The van der Waals surface area contributed by atoms with Gasteiger partial charge in [-0.25, -0.2) is 0 Å². The van der Waals surface area contributed by atoms with Gasteiger partial charge in [0.2, 0.25) is 0 Å². The first kappa shape index (κ1) is 16.8. The van der Waals surface area contributed by atoms with Crippen molar-refractivity contribution in [2.75, 3.05) is 13.2 Å². The predicted molar refractivity (Wildman–Crippen MR) is 96.0 cm³/mol. The van der Waals surface area contributed by atoms with Crippen LogP contribution < -0.4 is 5.32 Å². The van der Waals surface area contributed by atoms with Crippen molar-refractivity contribution in [3.8, 4) is 0 Å². The quantitative estimate of drug-likeness (QED) is 0.735. The maximum atomic E-state index is 12.5. The summed E-state index contributed by atoms with van der Waals surface area (Å²) >= 11 is 0. The van der Waals surface area contributed by atoms with Crippen LogP contribution in [0.1, 0.15) is 52.3 Å². The summed E-state index contributed by atoms with van der Waals surface area (Å²) in [4.78, 5) is 20.1. The van der Waals surface area contributed by atoms with E-state index in [1.54, 1.807) is 0 Å². The maximum absolute atomic E-state index is 12.5. The number of fused-ring (bicyclic) bond motifs is 1. The Morgan fingerprint density at radius 2 is 2.27 bits per heavy atom. The van der Waals surface area contributed by atoms with Gasteiger partial charge in [0.25, 0.3) is 11.8 Å². The number of aromatic amines is 1. The van der Waals surface area contributed by atoms with Crippen molar-refractivity contribution in [3.63, 3.8) is 0 Å². The Labute approximate surface area is 151 Å². The second-order valence-corrected chi connectivity index (χ2v) is 6.73. The van der Waals surface area contributed by atoms with E-state index in [0.717, 1.165) is 35.9 Å². The van der Waals surface area contributed by atoms with E-state index in [-0.39, 0.29) is 12.0 Å². The van der Waals surface area contributed by atoms with Crippen molar-refractivity contribution < 1.29 is 14.1 Å². The van der Waals surface area contributed by atoms with Gasteiger partial charge in [-0.15, -0.1) is 0 Å². The molecule has 0 aliphatic carbocycles. The minimum atomic E-state index is -0.126. The molecule has 136 valence electrons. The van der Waals surface area contributed by atoms with Gasteiger partial charge in [-0.2, -0.15) is 4.98 Å². The summed E-state index contributed by atoms with van der Waals surface area (Å²) in [5, 5.41) is 7.96. The molecule has 0 unspecified atom stereocenters. The van der Waals surface area contributed by atoms with Crippen molar-refractivity contribution >= 4 is 16.8 Å².